The van der Waals surface area contributed by atoms with Crippen molar-refractivity contribution in [3.63, 3.8) is 0 Å². The van der Waals surface area contributed by atoms with E-state index in [-0.39, 0.29) is 5.91 Å². The van der Waals surface area contributed by atoms with Crippen LogP contribution in [0.25, 0.3) is 10.8 Å². The van der Waals surface area contributed by atoms with Crippen LogP contribution in [0.5, 0.6) is 11.5 Å². The molecule has 0 aromatic heterocycles. The van der Waals surface area contributed by atoms with E-state index in [1.807, 2.05) is 23.1 Å². The first-order valence-electron chi connectivity index (χ1n) is 11.0. The third kappa shape index (κ3) is 5.00. The van der Waals surface area contributed by atoms with Gasteiger partial charge in [0.2, 0.25) is 5.91 Å². The highest BCUT2D eigenvalue weighted by Crippen LogP contribution is 2.28. The molecule has 31 heavy (non-hydrogen) atoms. The number of rotatable bonds is 7. The number of methoxy groups -OCH3 is 2. The van der Waals surface area contributed by atoms with E-state index >= 15 is 0 Å². The summed E-state index contributed by atoms with van der Waals surface area (Å²) in [6, 6.07) is 21.0. The van der Waals surface area contributed by atoms with Crippen molar-refractivity contribution < 1.29 is 19.2 Å². The number of hydrogen-bond donors (Lipinski definition) is 1. The van der Waals surface area contributed by atoms with E-state index in [1.165, 1.54) is 16.3 Å². The van der Waals surface area contributed by atoms with Crippen LogP contribution in [-0.4, -0.2) is 51.2 Å². The Morgan fingerprint density at radius 2 is 1.68 bits per heavy atom. The van der Waals surface area contributed by atoms with Crippen LogP contribution < -0.4 is 14.4 Å². The number of quaternary nitrogens is 1. The number of amides is 1. The molecule has 0 atom stereocenters. The van der Waals surface area contributed by atoms with Crippen molar-refractivity contribution in [3.05, 3.63) is 71.8 Å². The van der Waals surface area contributed by atoms with Gasteiger partial charge < -0.3 is 19.3 Å². The number of benzene rings is 3. The van der Waals surface area contributed by atoms with Gasteiger partial charge in [-0.25, -0.2) is 0 Å². The van der Waals surface area contributed by atoms with Crippen LogP contribution >= 0.6 is 0 Å². The second-order valence-corrected chi connectivity index (χ2v) is 8.14. The van der Waals surface area contributed by atoms with Crippen molar-refractivity contribution in [2.75, 3.05) is 40.4 Å². The number of fused-ring (bicyclic) bond motifs is 1. The molecule has 1 aliphatic rings. The van der Waals surface area contributed by atoms with Gasteiger partial charge in [0.1, 0.15) is 6.54 Å². The Morgan fingerprint density at radius 3 is 2.45 bits per heavy atom. The van der Waals surface area contributed by atoms with E-state index in [0.29, 0.717) is 24.3 Å². The first-order chi connectivity index (χ1) is 15.2. The van der Waals surface area contributed by atoms with Gasteiger partial charge in [-0.1, -0.05) is 48.5 Å². The summed E-state index contributed by atoms with van der Waals surface area (Å²) in [4.78, 5) is 16.3. The smallest absolute Gasteiger partial charge is 0.223 e. The average Bonchev–Trinajstić information content (AvgIpc) is 2.83. The number of carbonyl (C=O) groups excluding carboxylic acids is 1. The normalized spacial score (nSPS) is 14.6. The fraction of sp³-hybridized carbons (Fsp3) is 0.346. The maximum Gasteiger partial charge on any atom is 0.223 e. The SMILES string of the molecule is COc1ccc(CCC(=O)N2CC[NH+](Cc3cccc4ccccc34)CC2)cc1OC. The predicted octanol–water partition coefficient (Wildman–Crippen LogP) is 2.72. The molecule has 3 aromatic carbocycles. The van der Waals surface area contributed by atoms with Crippen LogP contribution in [0.1, 0.15) is 17.5 Å². The zero-order valence-corrected chi connectivity index (χ0v) is 18.4. The first kappa shape index (κ1) is 21.2. The molecule has 5 heteroatoms. The predicted molar refractivity (Wildman–Crippen MR) is 123 cm³/mol. The third-order valence-electron chi connectivity index (χ3n) is 6.22. The summed E-state index contributed by atoms with van der Waals surface area (Å²) in [5.74, 6) is 1.65. The number of aryl methyl sites for hydroxylation is 1. The number of carbonyl (C=O) groups is 1. The lowest BCUT2D eigenvalue weighted by Crippen LogP contribution is -3.13. The minimum absolute atomic E-state index is 0.235. The van der Waals surface area contributed by atoms with Crippen molar-refractivity contribution in [3.8, 4) is 11.5 Å². The van der Waals surface area contributed by atoms with Crippen molar-refractivity contribution in [2.24, 2.45) is 0 Å². The Kier molecular flexibility index (Phi) is 6.73. The monoisotopic (exact) mass is 419 g/mol. The van der Waals surface area contributed by atoms with Gasteiger partial charge in [0.15, 0.2) is 11.5 Å². The maximum absolute atomic E-state index is 12.7. The molecule has 1 heterocycles. The lowest BCUT2D eigenvalue weighted by atomic mass is 10.0. The molecule has 1 N–H and O–H groups in total. The molecule has 5 nitrogen and oxygen atoms in total. The van der Waals surface area contributed by atoms with Crippen molar-refractivity contribution in [1.29, 1.82) is 0 Å². The summed E-state index contributed by atoms with van der Waals surface area (Å²) in [7, 11) is 3.26. The largest absolute Gasteiger partial charge is 0.493 e. The molecule has 3 aromatic rings. The number of hydrogen-bond acceptors (Lipinski definition) is 3. The Labute approximate surface area is 184 Å². The lowest BCUT2D eigenvalue weighted by Gasteiger charge is -2.32. The summed E-state index contributed by atoms with van der Waals surface area (Å²) in [6.07, 6.45) is 1.23. The van der Waals surface area contributed by atoms with Gasteiger partial charge in [0.05, 0.1) is 40.4 Å². The molecule has 162 valence electrons. The Morgan fingerprint density at radius 1 is 0.935 bits per heavy atom. The van der Waals surface area contributed by atoms with Gasteiger partial charge in [-0.05, 0) is 34.9 Å². The molecule has 4 rings (SSSR count). The highest BCUT2D eigenvalue weighted by atomic mass is 16.5. The summed E-state index contributed by atoms with van der Waals surface area (Å²) in [5, 5.41) is 2.63. The first-order valence-corrected chi connectivity index (χ1v) is 11.0. The fourth-order valence-corrected chi connectivity index (χ4v) is 4.41. The van der Waals surface area contributed by atoms with Gasteiger partial charge in [-0.15, -0.1) is 0 Å². The van der Waals surface area contributed by atoms with E-state index in [9.17, 15) is 4.79 Å². The quantitative estimate of drug-likeness (QED) is 0.640. The zero-order chi connectivity index (χ0) is 21.6. The van der Waals surface area contributed by atoms with E-state index in [4.69, 9.17) is 9.47 Å². The van der Waals surface area contributed by atoms with Gasteiger partial charge in [-0.2, -0.15) is 0 Å². The van der Waals surface area contributed by atoms with E-state index < -0.39 is 0 Å². The second kappa shape index (κ2) is 9.84. The van der Waals surface area contributed by atoms with Crippen molar-refractivity contribution in [2.45, 2.75) is 19.4 Å². The van der Waals surface area contributed by atoms with Gasteiger partial charge in [0.25, 0.3) is 0 Å². The van der Waals surface area contributed by atoms with Crippen LogP contribution in [-0.2, 0) is 17.8 Å². The number of nitrogens with zero attached hydrogens (tertiary/aromatic N) is 1. The molecule has 0 unspecified atom stereocenters. The number of ether oxygens (including phenoxy) is 2. The van der Waals surface area contributed by atoms with Crippen LogP contribution in [0.2, 0.25) is 0 Å². The summed E-state index contributed by atoms with van der Waals surface area (Å²) >= 11 is 0. The van der Waals surface area contributed by atoms with Crippen molar-refractivity contribution in [1.82, 2.24) is 4.90 Å². The lowest BCUT2D eigenvalue weighted by molar-refractivity contribution is -0.917. The Bertz CT molecular complexity index is 1040. The second-order valence-electron chi connectivity index (χ2n) is 8.14. The highest BCUT2D eigenvalue weighted by Gasteiger charge is 2.24. The van der Waals surface area contributed by atoms with Gasteiger partial charge in [-0.3, -0.25) is 4.79 Å². The number of piperazine rings is 1. The van der Waals surface area contributed by atoms with E-state index in [2.05, 4.69) is 42.5 Å². The van der Waals surface area contributed by atoms with E-state index in [1.54, 1.807) is 19.1 Å². The van der Waals surface area contributed by atoms with Crippen LogP contribution in [0.4, 0.5) is 0 Å². The molecule has 0 radical (unpaired) electrons. The minimum Gasteiger partial charge on any atom is -0.493 e. The topological polar surface area (TPSA) is 43.2 Å². The van der Waals surface area contributed by atoms with Crippen LogP contribution in [0, 0.1) is 0 Å². The van der Waals surface area contributed by atoms with Crippen LogP contribution in [0.15, 0.2) is 60.7 Å². The summed E-state index contributed by atoms with van der Waals surface area (Å²) in [6.45, 7) is 4.64. The third-order valence-corrected chi connectivity index (χ3v) is 6.22. The highest BCUT2D eigenvalue weighted by molar-refractivity contribution is 5.85. The van der Waals surface area contributed by atoms with Crippen LogP contribution in [0.3, 0.4) is 0 Å². The molecule has 0 bridgehead atoms. The van der Waals surface area contributed by atoms with Crippen molar-refractivity contribution >= 4 is 16.7 Å². The molecule has 0 saturated carbocycles. The average molecular weight is 420 g/mol. The van der Waals surface area contributed by atoms with Gasteiger partial charge >= 0.3 is 0 Å². The zero-order valence-electron chi connectivity index (χ0n) is 18.4. The standard InChI is InChI=1S/C26H30N2O3/c1-30-24-12-10-20(18-25(24)31-2)11-13-26(29)28-16-14-27(15-17-28)19-22-8-5-7-21-6-3-4-9-23(21)22/h3-10,12,18H,11,13-17,19H2,1-2H3/p+1. The summed E-state index contributed by atoms with van der Waals surface area (Å²) < 4.78 is 10.7. The molecule has 1 amide bonds. The molecular formula is C26H31N2O3+. The molecular weight excluding hydrogens is 388 g/mol. The Hall–Kier alpha value is -3.05. The minimum atomic E-state index is 0.235. The molecule has 0 aliphatic carbocycles. The van der Waals surface area contributed by atoms with E-state index in [0.717, 1.165) is 38.3 Å². The fourth-order valence-electron chi connectivity index (χ4n) is 4.41. The molecule has 1 aliphatic heterocycles. The molecule has 0 spiro atoms. The molecule has 1 fully saturated rings. The number of nitrogens with one attached hydrogen (secondary N) is 1. The maximum atomic E-state index is 12.7. The summed E-state index contributed by atoms with van der Waals surface area (Å²) in [5.41, 5.74) is 2.48. The van der Waals surface area contributed by atoms with Gasteiger partial charge in [0, 0.05) is 12.0 Å². The Balaban J connectivity index is 1.29. The molecule has 1 saturated heterocycles.